The second-order valence-corrected chi connectivity index (χ2v) is 13.7. The summed E-state index contributed by atoms with van der Waals surface area (Å²) in [7, 11) is -1.88. The van der Waals surface area contributed by atoms with Crippen LogP contribution >= 0.6 is 7.26 Å². The summed E-state index contributed by atoms with van der Waals surface area (Å²) in [6.45, 7) is 0. The molecule has 0 aliphatic carbocycles. The van der Waals surface area contributed by atoms with Gasteiger partial charge < -0.3 is 14.6 Å². The van der Waals surface area contributed by atoms with E-state index in [2.05, 4.69) is 103 Å². The monoisotopic (exact) mass is 557 g/mol. The predicted octanol–water partition coefficient (Wildman–Crippen LogP) is 6.80. The Kier molecular flexibility index (Phi) is 7.41. The van der Waals surface area contributed by atoms with Crippen LogP contribution in [0.2, 0.25) is 0 Å². The average molecular weight is 558 g/mol. The number of fused-ring (bicyclic) bond motifs is 1. The number of phenols is 2. The summed E-state index contributed by atoms with van der Waals surface area (Å²) in [5.74, 6) is -0.411. The molecular formula is C36H30O4P+. The quantitative estimate of drug-likeness (QED) is 0.160. The summed E-state index contributed by atoms with van der Waals surface area (Å²) in [4.78, 5) is 12.6. The van der Waals surface area contributed by atoms with Crippen LogP contribution in [-0.4, -0.2) is 16.4 Å². The summed E-state index contributed by atoms with van der Waals surface area (Å²) in [6.07, 6.45) is 2.95. The number of aromatic hydroxyl groups is 2. The molecule has 6 rings (SSSR count). The molecular weight excluding hydrogens is 527 g/mol. The molecule has 0 saturated carbocycles. The fraction of sp³-hybridized carbons (Fsp3) is 0.0833. The fourth-order valence-electron chi connectivity index (χ4n) is 5.57. The summed E-state index contributed by atoms with van der Waals surface area (Å²) in [6, 6.07) is 44.9. The zero-order valence-corrected chi connectivity index (χ0v) is 23.4. The van der Waals surface area contributed by atoms with Gasteiger partial charge in [0.15, 0.2) is 16.8 Å². The van der Waals surface area contributed by atoms with Crippen molar-refractivity contribution >= 4 is 34.1 Å². The van der Waals surface area contributed by atoms with Crippen molar-refractivity contribution in [2.75, 3.05) is 6.16 Å². The molecule has 0 amide bonds. The Morgan fingerprint density at radius 3 is 1.71 bits per heavy atom. The molecule has 6 aromatic rings. The minimum Gasteiger partial charge on any atom is -0.504 e. The minimum atomic E-state index is -1.88. The molecule has 0 aliphatic rings. The Bertz CT molecular complexity index is 1730. The average Bonchev–Trinajstić information content (AvgIpc) is 3.03. The number of benzene rings is 5. The lowest BCUT2D eigenvalue weighted by molar-refractivity contribution is 0.400. The van der Waals surface area contributed by atoms with Gasteiger partial charge in [-0.05, 0) is 66.9 Å². The van der Waals surface area contributed by atoms with Crippen LogP contribution in [0.25, 0.3) is 22.3 Å². The summed E-state index contributed by atoms with van der Waals surface area (Å²) < 4.78 is 5.85. The third-order valence-corrected chi connectivity index (χ3v) is 12.2. The van der Waals surface area contributed by atoms with Gasteiger partial charge in [0.05, 0.1) is 11.5 Å². The van der Waals surface area contributed by atoms with Gasteiger partial charge in [-0.1, -0.05) is 78.9 Å². The Morgan fingerprint density at radius 2 is 1.17 bits per heavy atom. The molecule has 0 saturated heterocycles. The van der Waals surface area contributed by atoms with Gasteiger partial charge in [0.1, 0.15) is 28.9 Å². The zero-order chi connectivity index (χ0) is 28.2. The van der Waals surface area contributed by atoms with E-state index in [1.807, 2.05) is 12.1 Å². The molecule has 41 heavy (non-hydrogen) atoms. The third kappa shape index (κ3) is 5.15. The fourth-order valence-corrected chi connectivity index (χ4v) is 9.92. The van der Waals surface area contributed by atoms with Crippen LogP contribution in [0.1, 0.15) is 12.0 Å². The molecule has 0 fully saturated rings. The van der Waals surface area contributed by atoms with E-state index in [1.54, 1.807) is 0 Å². The van der Waals surface area contributed by atoms with E-state index in [9.17, 15) is 15.0 Å². The number of phenolic OH excluding ortho intramolecular Hbond substituents is 2. The van der Waals surface area contributed by atoms with Crippen LogP contribution in [0.4, 0.5) is 0 Å². The first-order chi connectivity index (χ1) is 20.1. The maximum Gasteiger partial charge on any atom is 0.201 e. The summed E-state index contributed by atoms with van der Waals surface area (Å²) >= 11 is 0. The molecule has 4 nitrogen and oxygen atoms in total. The largest absolute Gasteiger partial charge is 0.504 e. The Balaban J connectivity index is 1.29. The topological polar surface area (TPSA) is 70.7 Å². The molecule has 0 spiro atoms. The maximum atomic E-state index is 12.6. The lowest BCUT2D eigenvalue weighted by Crippen LogP contribution is -2.33. The summed E-state index contributed by atoms with van der Waals surface area (Å²) in [5.41, 5.74) is 1.64. The molecule has 1 heterocycles. The second kappa shape index (κ2) is 11.4. The van der Waals surface area contributed by atoms with Gasteiger partial charge in [-0.2, -0.15) is 0 Å². The normalized spacial score (nSPS) is 11.5. The molecule has 2 N–H and O–H groups in total. The van der Waals surface area contributed by atoms with E-state index in [1.165, 1.54) is 39.7 Å². The molecule has 202 valence electrons. The number of hydrogen-bond acceptors (Lipinski definition) is 4. The first-order valence-electron chi connectivity index (χ1n) is 13.7. The van der Waals surface area contributed by atoms with Crippen LogP contribution in [0, 0.1) is 0 Å². The Morgan fingerprint density at radius 1 is 0.634 bits per heavy atom. The van der Waals surface area contributed by atoms with Crippen LogP contribution < -0.4 is 21.3 Å². The van der Waals surface area contributed by atoms with Crippen LogP contribution in [0.5, 0.6) is 11.5 Å². The van der Waals surface area contributed by atoms with Crippen molar-refractivity contribution in [1.29, 1.82) is 0 Å². The van der Waals surface area contributed by atoms with Gasteiger partial charge >= 0.3 is 0 Å². The first-order valence-corrected chi connectivity index (χ1v) is 15.7. The van der Waals surface area contributed by atoms with Crippen molar-refractivity contribution in [3.8, 4) is 22.8 Å². The van der Waals surface area contributed by atoms with Gasteiger partial charge in [-0.15, -0.1) is 0 Å². The highest BCUT2D eigenvalue weighted by atomic mass is 31.2. The van der Waals surface area contributed by atoms with Crippen molar-refractivity contribution < 1.29 is 14.6 Å². The minimum absolute atomic E-state index is 0.0142. The van der Waals surface area contributed by atoms with E-state index < -0.39 is 13.0 Å². The zero-order valence-electron chi connectivity index (χ0n) is 22.5. The van der Waals surface area contributed by atoms with Crippen molar-refractivity contribution in [3.63, 3.8) is 0 Å². The van der Waals surface area contributed by atoms with Crippen LogP contribution in [0.15, 0.2) is 143 Å². The molecule has 0 atom stereocenters. The highest BCUT2D eigenvalue weighted by Crippen LogP contribution is 2.55. The molecule has 1 aromatic heterocycles. The second-order valence-electron chi connectivity index (χ2n) is 10.1. The van der Waals surface area contributed by atoms with E-state index in [4.69, 9.17) is 4.42 Å². The van der Waals surface area contributed by atoms with Gasteiger partial charge in [0, 0.05) is 11.6 Å². The van der Waals surface area contributed by atoms with Crippen molar-refractivity contribution in [1.82, 2.24) is 0 Å². The molecule has 5 aromatic carbocycles. The molecule has 0 bridgehead atoms. The highest BCUT2D eigenvalue weighted by molar-refractivity contribution is 7.95. The van der Waals surface area contributed by atoms with Gasteiger partial charge in [0.25, 0.3) is 0 Å². The molecule has 0 aliphatic heterocycles. The van der Waals surface area contributed by atoms with Gasteiger partial charge in [-0.25, -0.2) is 0 Å². The Labute approximate surface area is 239 Å². The molecule has 0 radical (unpaired) electrons. The van der Waals surface area contributed by atoms with Crippen molar-refractivity contribution in [2.24, 2.45) is 0 Å². The number of hydrogen-bond donors (Lipinski definition) is 2. The Hall–Kier alpha value is -4.66. The van der Waals surface area contributed by atoms with Crippen LogP contribution in [-0.2, 0) is 6.42 Å². The lowest BCUT2D eigenvalue weighted by Gasteiger charge is -2.27. The van der Waals surface area contributed by atoms with E-state index >= 15 is 0 Å². The lowest BCUT2D eigenvalue weighted by atomic mass is 10.1. The van der Waals surface area contributed by atoms with Crippen molar-refractivity contribution in [3.05, 3.63) is 149 Å². The third-order valence-electron chi connectivity index (χ3n) is 7.64. The number of aryl methyl sites for hydroxylation is 1. The van der Waals surface area contributed by atoms with Crippen LogP contribution in [0.3, 0.4) is 0 Å². The van der Waals surface area contributed by atoms with Crippen molar-refractivity contribution in [2.45, 2.75) is 12.8 Å². The summed E-state index contributed by atoms with van der Waals surface area (Å²) in [5, 5.41) is 24.5. The SMILES string of the molecule is O=c1cc(-c2ccc(CCC[P+](c3ccccc3)(c3ccccc3)c3ccccc3)cc2)oc2c(O)c(O)ccc12. The van der Waals surface area contributed by atoms with E-state index in [0.29, 0.717) is 5.76 Å². The molecule has 0 unspecified atom stereocenters. The first kappa shape index (κ1) is 26.6. The number of rotatable bonds is 8. The van der Waals surface area contributed by atoms with Gasteiger partial charge in [-0.3, -0.25) is 4.79 Å². The van der Waals surface area contributed by atoms with E-state index in [0.717, 1.165) is 24.6 Å². The standard InChI is InChI=1S/C36H29O4P/c37-32-23-22-31-33(38)25-34(40-36(31)35(32)39)27-20-18-26(19-21-27)11-10-24-41(28-12-4-1-5-13-28,29-14-6-2-7-15-29)30-16-8-3-9-17-30/h1-9,12-23,25H,10-11,24H2,(H-,37,38,39)/p+1. The molecule has 5 heteroatoms. The predicted molar refractivity (Wildman–Crippen MR) is 170 cm³/mol. The maximum absolute atomic E-state index is 12.6. The highest BCUT2D eigenvalue weighted by Gasteiger charge is 2.44. The van der Waals surface area contributed by atoms with E-state index in [-0.39, 0.29) is 22.1 Å². The smallest absolute Gasteiger partial charge is 0.201 e. The van der Waals surface area contributed by atoms with Gasteiger partial charge in [0.2, 0.25) is 5.75 Å².